The van der Waals surface area contributed by atoms with E-state index in [1.165, 1.54) is 12.1 Å². The van der Waals surface area contributed by atoms with E-state index in [0.29, 0.717) is 23.4 Å². The zero-order valence-corrected chi connectivity index (χ0v) is 16.9. The predicted molar refractivity (Wildman–Crippen MR) is 118 cm³/mol. The number of allylic oxidation sites excluding steroid dienone is 1. The molecule has 0 saturated carbocycles. The molecule has 3 aromatic carbocycles. The number of para-hydroxylation sites is 2. The van der Waals surface area contributed by atoms with Gasteiger partial charge < -0.3 is 10.6 Å². The van der Waals surface area contributed by atoms with Gasteiger partial charge in [0.15, 0.2) is 5.78 Å². The Morgan fingerprint density at radius 1 is 0.867 bits per heavy atom. The molecule has 5 rings (SSSR count). The lowest BCUT2D eigenvalue weighted by molar-refractivity contribution is -0.116. The molecule has 5 heteroatoms. The maximum absolute atomic E-state index is 13.5. The van der Waals surface area contributed by atoms with Crippen LogP contribution < -0.4 is 10.6 Å². The van der Waals surface area contributed by atoms with Crippen LogP contribution in [0.4, 0.5) is 15.8 Å². The van der Waals surface area contributed by atoms with Gasteiger partial charge in [-0.3, -0.25) is 4.79 Å². The zero-order valence-electron chi connectivity index (χ0n) is 16.2. The molecule has 1 aliphatic carbocycles. The van der Waals surface area contributed by atoms with E-state index in [1.807, 2.05) is 48.5 Å². The molecular weight excluding hydrogens is 399 g/mol. The molecule has 0 saturated heterocycles. The molecule has 2 aliphatic rings. The number of carbonyl (C=O) groups excluding carboxylic acids is 1. The Bertz CT molecular complexity index is 1160. The number of benzene rings is 3. The van der Waals surface area contributed by atoms with E-state index in [1.54, 1.807) is 12.1 Å². The average Bonchev–Trinajstić information content (AvgIpc) is 2.91. The molecular formula is C25H20ClFN2O. The van der Waals surface area contributed by atoms with Crippen LogP contribution in [-0.4, -0.2) is 5.78 Å². The van der Waals surface area contributed by atoms with Gasteiger partial charge in [-0.1, -0.05) is 54.1 Å². The number of hydrogen-bond acceptors (Lipinski definition) is 3. The summed E-state index contributed by atoms with van der Waals surface area (Å²) in [7, 11) is 0. The number of hydrogen-bond donors (Lipinski definition) is 2. The summed E-state index contributed by atoms with van der Waals surface area (Å²) in [5.74, 6) is -0.214. The summed E-state index contributed by atoms with van der Waals surface area (Å²) in [5, 5.41) is 7.68. The fourth-order valence-corrected chi connectivity index (χ4v) is 4.71. The Morgan fingerprint density at radius 3 is 2.33 bits per heavy atom. The Morgan fingerprint density at radius 2 is 1.57 bits per heavy atom. The quantitative estimate of drug-likeness (QED) is 0.501. The first-order valence-corrected chi connectivity index (χ1v) is 10.4. The third-order valence-corrected chi connectivity index (χ3v) is 6.20. The van der Waals surface area contributed by atoms with Crippen molar-refractivity contribution in [1.82, 2.24) is 0 Å². The highest BCUT2D eigenvalue weighted by Crippen LogP contribution is 2.45. The van der Waals surface area contributed by atoms with Crippen molar-refractivity contribution in [3.05, 3.63) is 106 Å². The molecule has 0 bridgehead atoms. The van der Waals surface area contributed by atoms with Gasteiger partial charge in [-0.05, 0) is 53.8 Å². The van der Waals surface area contributed by atoms with Crippen LogP contribution in [-0.2, 0) is 4.79 Å². The minimum atomic E-state index is -0.351. The van der Waals surface area contributed by atoms with Crippen LogP contribution in [0, 0.1) is 5.82 Å². The topological polar surface area (TPSA) is 41.1 Å². The molecule has 2 N–H and O–H groups in total. The lowest BCUT2D eigenvalue weighted by atomic mass is 9.78. The Balaban J connectivity index is 1.62. The maximum atomic E-state index is 13.5. The Labute approximate surface area is 179 Å². The maximum Gasteiger partial charge on any atom is 0.163 e. The lowest BCUT2D eigenvalue weighted by Gasteiger charge is -2.30. The van der Waals surface area contributed by atoms with Gasteiger partial charge in [-0.25, -0.2) is 4.39 Å². The molecule has 0 aromatic heterocycles. The highest BCUT2D eigenvalue weighted by atomic mass is 35.5. The first-order chi connectivity index (χ1) is 14.6. The Kier molecular flexibility index (Phi) is 4.80. The van der Waals surface area contributed by atoms with Crippen LogP contribution >= 0.6 is 11.6 Å². The van der Waals surface area contributed by atoms with E-state index in [9.17, 15) is 9.18 Å². The van der Waals surface area contributed by atoms with Gasteiger partial charge in [0.25, 0.3) is 0 Å². The minimum absolute atomic E-state index is 0.0107. The first kappa shape index (κ1) is 18.9. The summed E-state index contributed by atoms with van der Waals surface area (Å²) >= 11 is 6.44. The van der Waals surface area contributed by atoms with Crippen LogP contribution in [0.1, 0.15) is 35.9 Å². The van der Waals surface area contributed by atoms with Crippen molar-refractivity contribution in [2.45, 2.75) is 24.8 Å². The number of ketones is 1. The monoisotopic (exact) mass is 418 g/mol. The third kappa shape index (κ3) is 3.37. The summed E-state index contributed by atoms with van der Waals surface area (Å²) in [6, 6.07) is 21.6. The number of rotatable bonds is 2. The van der Waals surface area contributed by atoms with Gasteiger partial charge >= 0.3 is 0 Å². The normalized spacial score (nSPS) is 20.5. The smallest absolute Gasteiger partial charge is 0.163 e. The summed E-state index contributed by atoms with van der Waals surface area (Å²) in [6.07, 6.45) is 1.07. The van der Waals surface area contributed by atoms with Crippen molar-refractivity contribution in [3.8, 4) is 0 Å². The van der Waals surface area contributed by atoms with Crippen LogP contribution in [0.2, 0.25) is 5.02 Å². The Hall–Kier alpha value is -3.11. The average molecular weight is 419 g/mol. The van der Waals surface area contributed by atoms with Crippen molar-refractivity contribution < 1.29 is 9.18 Å². The second-order valence-corrected chi connectivity index (χ2v) is 8.15. The van der Waals surface area contributed by atoms with Gasteiger partial charge in [0, 0.05) is 22.7 Å². The van der Waals surface area contributed by atoms with Crippen LogP contribution in [0.25, 0.3) is 0 Å². The van der Waals surface area contributed by atoms with Crippen molar-refractivity contribution >= 4 is 28.8 Å². The van der Waals surface area contributed by atoms with E-state index >= 15 is 0 Å². The predicted octanol–water partition coefficient (Wildman–Crippen LogP) is 6.46. The molecule has 30 heavy (non-hydrogen) atoms. The summed E-state index contributed by atoms with van der Waals surface area (Å²) in [5.41, 5.74) is 5.27. The summed E-state index contributed by atoms with van der Waals surface area (Å²) in [4.78, 5) is 13.4. The fraction of sp³-hybridized carbons (Fsp3) is 0.160. The van der Waals surface area contributed by atoms with Crippen LogP contribution in [0.5, 0.6) is 0 Å². The molecule has 0 radical (unpaired) electrons. The number of carbonyl (C=O) groups is 1. The van der Waals surface area contributed by atoms with E-state index in [4.69, 9.17) is 11.6 Å². The van der Waals surface area contributed by atoms with Gasteiger partial charge in [-0.2, -0.15) is 0 Å². The van der Waals surface area contributed by atoms with E-state index < -0.39 is 0 Å². The van der Waals surface area contributed by atoms with Crippen LogP contribution in [0.15, 0.2) is 84.1 Å². The molecule has 0 spiro atoms. The summed E-state index contributed by atoms with van der Waals surface area (Å²) < 4.78 is 13.5. The standard InChI is InChI=1S/C25H20ClFN2O/c26-19-6-2-1-5-18(19)16-13-22-24(23(30)14-16)25(15-9-11-17(27)12-10-15)29-21-8-4-3-7-20(21)28-22/h1-12,16,25,28-29H,13-14H2/t16-,25+/m0/s1. The van der Waals surface area contributed by atoms with Gasteiger partial charge in [0.2, 0.25) is 0 Å². The number of fused-ring (bicyclic) bond motifs is 1. The second-order valence-electron chi connectivity index (χ2n) is 7.74. The number of nitrogens with one attached hydrogen (secondary N) is 2. The van der Waals surface area contributed by atoms with Crippen molar-refractivity contribution in [3.63, 3.8) is 0 Å². The summed E-state index contributed by atoms with van der Waals surface area (Å²) in [6.45, 7) is 0. The number of anilines is 2. The molecule has 1 heterocycles. The van der Waals surface area contributed by atoms with Gasteiger partial charge in [0.1, 0.15) is 5.82 Å². The molecule has 3 aromatic rings. The number of Topliss-reactive ketones (excluding diaryl/α,β-unsaturated/α-hetero) is 1. The van der Waals surface area contributed by atoms with Crippen molar-refractivity contribution in [2.75, 3.05) is 10.6 Å². The SMILES string of the molecule is O=C1C[C@@H](c2ccccc2Cl)CC2=C1[C@@H](c1ccc(F)cc1)Nc1ccccc1N2. The zero-order chi connectivity index (χ0) is 20.7. The van der Waals surface area contributed by atoms with E-state index in [-0.39, 0.29) is 23.6 Å². The fourth-order valence-electron chi connectivity index (χ4n) is 4.42. The molecule has 3 nitrogen and oxygen atoms in total. The van der Waals surface area contributed by atoms with Gasteiger partial charge in [-0.15, -0.1) is 0 Å². The number of halogens is 2. The van der Waals surface area contributed by atoms with Crippen molar-refractivity contribution in [2.24, 2.45) is 0 Å². The highest BCUT2D eigenvalue weighted by molar-refractivity contribution is 6.31. The lowest BCUT2D eigenvalue weighted by Crippen LogP contribution is -2.27. The third-order valence-electron chi connectivity index (χ3n) is 5.86. The first-order valence-electron chi connectivity index (χ1n) is 9.99. The van der Waals surface area contributed by atoms with E-state index in [2.05, 4.69) is 10.6 Å². The largest absolute Gasteiger partial charge is 0.372 e. The highest BCUT2D eigenvalue weighted by Gasteiger charge is 2.36. The van der Waals surface area contributed by atoms with E-state index in [0.717, 1.165) is 28.2 Å². The molecule has 0 fully saturated rings. The molecule has 0 unspecified atom stereocenters. The molecule has 0 amide bonds. The second kappa shape index (κ2) is 7.62. The van der Waals surface area contributed by atoms with Gasteiger partial charge in [0.05, 0.1) is 17.4 Å². The van der Waals surface area contributed by atoms with Crippen molar-refractivity contribution in [1.29, 1.82) is 0 Å². The molecule has 2 atom stereocenters. The molecule has 1 aliphatic heterocycles. The molecule has 150 valence electrons. The van der Waals surface area contributed by atoms with Crippen LogP contribution in [0.3, 0.4) is 0 Å². The minimum Gasteiger partial charge on any atom is -0.372 e.